The van der Waals surface area contributed by atoms with Gasteiger partial charge in [-0.15, -0.1) is 0 Å². The van der Waals surface area contributed by atoms with Crippen LogP contribution in [0.1, 0.15) is 42.5 Å². The molecule has 1 aromatic heterocycles. The van der Waals surface area contributed by atoms with Crippen molar-refractivity contribution >= 4 is 17.5 Å². The second-order valence-electron chi connectivity index (χ2n) is 8.38. The standard InChI is InChI=1S/C22H26N4O3/c27-19(13-15-1-5-18(6-2-15)24-21(28)16-3-4-16)26-10-8-22(9-11-26)20-17(7-12-29-22)14-23-25-20/h1-2,5-6,14,16H,3-4,7-13H2,(H,23,25)(H,24,28). The molecule has 2 aromatic rings. The van der Waals surface area contributed by atoms with Crippen molar-refractivity contribution in [1.29, 1.82) is 0 Å². The molecule has 2 N–H and O–H groups in total. The van der Waals surface area contributed by atoms with E-state index in [4.69, 9.17) is 4.74 Å². The second-order valence-corrected chi connectivity index (χ2v) is 8.38. The topological polar surface area (TPSA) is 87.3 Å². The van der Waals surface area contributed by atoms with E-state index in [2.05, 4.69) is 15.5 Å². The van der Waals surface area contributed by atoms with E-state index < -0.39 is 0 Å². The average molecular weight is 394 g/mol. The number of nitrogens with zero attached hydrogens (tertiary/aromatic N) is 2. The van der Waals surface area contributed by atoms with Crippen LogP contribution in [0.4, 0.5) is 5.69 Å². The van der Waals surface area contributed by atoms with E-state index in [1.165, 1.54) is 5.56 Å². The Bertz CT molecular complexity index is 908. The van der Waals surface area contributed by atoms with Gasteiger partial charge in [-0.05, 0) is 55.4 Å². The molecule has 2 amide bonds. The number of amides is 2. The summed E-state index contributed by atoms with van der Waals surface area (Å²) >= 11 is 0. The lowest BCUT2D eigenvalue weighted by Gasteiger charge is -2.43. The van der Waals surface area contributed by atoms with Crippen LogP contribution in [0.15, 0.2) is 30.5 Å². The second kappa shape index (κ2) is 7.30. The Balaban J connectivity index is 1.17. The van der Waals surface area contributed by atoms with Gasteiger partial charge >= 0.3 is 0 Å². The summed E-state index contributed by atoms with van der Waals surface area (Å²) in [6, 6.07) is 7.60. The first-order valence-corrected chi connectivity index (χ1v) is 10.5. The lowest BCUT2D eigenvalue weighted by atomic mass is 9.83. The number of hydrogen-bond donors (Lipinski definition) is 2. The number of likely N-dealkylation sites (tertiary alicyclic amines) is 1. The molecule has 1 aliphatic carbocycles. The predicted octanol–water partition coefficient (Wildman–Crippen LogP) is 2.39. The molecule has 3 heterocycles. The minimum atomic E-state index is -0.317. The van der Waals surface area contributed by atoms with Gasteiger partial charge in [-0.25, -0.2) is 0 Å². The fourth-order valence-corrected chi connectivity index (χ4v) is 4.42. The monoisotopic (exact) mass is 394 g/mol. The summed E-state index contributed by atoms with van der Waals surface area (Å²) in [6.07, 6.45) is 6.73. The molecule has 29 heavy (non-hydrogen) atoms. The molecule has 0 radical (unpaired) electrons. The maximum atomic E-state index is 12.8. The van der Waals surface area contributed by atoms with Gasteiger partial charge in [-0.3, -0.25) is 14.7 Å². The zero-order valence-corrected chi connectivity index (χ0v) is 16.4. The number of fused-ring (bicyclic) bond motifs is 2. The van der Waals surface area contributed by atoms with Gasteiger partial charge in [0.2, 0.25) is 11.8 Å². The first kappa shape index (κ1) is 18.4. The number of aromatic amines is 1. The number of hydrogen-bond acceptors (Lipinski definition) is 4. The van der Waals surface area contributed by atoms with Gasteiger partial charge in [0.1, 0.15) is 5.60 Å². The van der Waals surface area contributed by atoms with Crippen LogP contribution in [0, 0.1) is 5.92 Å². The van der Waals surface area contributed by atoms with Crippen molar-refractivity contribution in [1.82, 2.24) is 15.1 Å². The Hall–Kier alpha value is -2.67. The van der Waals surface area contributed by atoms with Crippen molar-refractivity contribution in [2.24, 2.45) is 5.92 Å². The molecule has 1 aromatic carbocycles. The van der Waals surface area contributed by atoms with Gasteiger partial charge in [0.15, 0.2) is 0 Å². The van der Waals surface area contributed by atoms with E-state index in [0.29, 0.717) is 26.1 Å². The molecule has 0 atom stereocenters. The number of aromatic nitrogens is 2. The number of H-pyrrole nitrogens is 1. The summed E-state index contributed by atoms with van der Waals surface area (Å²) in [5.74, 6) is 0.418. The van der Waals surface area contributed by atoms with E-state index in [-0.39, 0.29) is 23.3 Å². The minimum Gasteiger partial charge on any atom is -0.368 e. The quantitative estimate of drug-likeness (QED) is 0.834. The Labute approximate surface area is 169 Å². The fraction of sp³-hybridized carbons (Fsp3) is 0.500. The molecule has 1 saturated heterocycles. The zero-order chi connectivity index (χ0) is 19.8. The van der Waals surface area contributed by atoms with Crippen LogP contribution in [-0.4, -0.2) is 46.6 Å². The number of carbonyl (C=O) groups is 2. The van der Waals surface area contributed by atoms with Crippen LogP contribution in [0.25, 0.3) is 0 Å². The van der Waals surface area contributed by atoms with Gasteiger partial charge in [-0.1, -0.05) is 12.1 Å². The molecule has 5 rings (SSSR count). The van der Waals surface area contributed by atoms with Gasteiger partial charge in [0.25, 0.3) is 0 Å². The van der Waals surface area contributed by atoms with Crippen molar-refractivity contribution in [2.45, 2.75) is 44.1 Å². The van der Waals surface area contributed by atoms with Crippen molar-refractivity contribution in [3.63, 3.8) is 0 Å². The van der Waals surface area contributed by atoms with E-state index in [0.717, 1.165) is 49.0 Å². The Morgan fingerprint density at radius 1 is 1.21 bits per heavy atom. The molecule has 1 spiro atoms. The van der Waals surface area contributed by atoms with Crippen LogP contribution in [0.5, 0.6) is 0 Å². The van der Waals surface area contributed by atoms with E-state index >= 15 is 0 Å². The summed E-state index contributed by atoms with van der Waals surface area (Å²) in [6.45, 7) is 2.09. The normalized spacial score (nSPS) is 20.3. The van der Waals surface area contributed by atoms with E-state index in [1.807, 2.05) is 35.4 Å². The molecular weight excluding hydrogens is 368 g/mol. The van der Waals surface area contributed by atoms with Gasteiger partial charge < -0.3 is 15.0 Å². The summed E-state index contributed by atoms with van der Waals surface area (Å²) in [5.41, 5.74) is 3.78. The summed E-state index contributed by atoms with van der Waals surface area (Å²) in [4.78, 5) is 26.6. The van der Waals surface area contributed by atoms with Crippen LogP contribution in [-0.2, 0) is 32.8 Å². The van der Waals surface area contributed by atoms with Crippen molar-refractivity contribution < 1.29 is 14.3 Å². The van der Waals surface area contributed by atoms with Gasteiger partial charge in [0, 0.05) is 24.7 Å². The minimum absolute atomic E-state index is 0.0985. The highest BCUT2D eigenvalue weighted by molar-refractivity contribution is 5.94. The molecule has 3 aliphatic rings. The number of piperidine rings is 1. The largest absolute Gasteiger partial charge is 0.368 e. The third-order valence-electron chi connectivity index (χ3n) is 6.37. The van der Waals surface area contributed by atoms with Gasteiger partial charge in [0.05, 0.1) is 24.9 Å². The molecule has 2 aliphatic heterocycles. The molecule has 2 fully saturated rings. The van der Waals surface area contributed by atoms with Crippen LogP contribution in [0.2, 0.25) is 0 Å². The lowest BCUT2D eigenvalue weighted by molar-refractivity contribution is -0.140. The highest BCUT2D eigenvalue weighted by Gasteiger charge is 2.43. The summed E-state index contributed by atoms with van der Waals surface area (Å²) in [5, 5.41) is 10.2. The number of carbonyl (C=O) groups excluding carboxylic acids is 2. The highest BCUT2D eigenvalue weighted by atomic mass is 16.5. The van der Waals surface area contributed by atoms with Crippen molar-refractivity contribution in [2.75, 3.05) is 25.0 Å². The van der Waals surface area contributed by atoms with Crippen LogP contribution < -0.4 is 5.32 Å². The zero-order valence-electron chi connectivity index (χ0n) is 16.4. The first-order chi connectivity index (χ1) is 14.1. The maximum Gasteiger partial charge on any atom is 0.227 e. The smallest absolute Gasteiger partial charge is 0.227 e. The molecule has 0 unspecified atom stereocenters. The summed E-state index contributed by atoms with van der Waals surface area (Å²) < 4.78 is 6.16. The first-order valence-electron chi connectivity index (χ1n) is 10.5. The maximum absolute atomic E-state index is 12.8. The van der Waals surface area contributed by atoms with E-state index in [9.17, 15) is 9.59 Å². The third kappa shape index (κ3) is 3.67. The van der Waals surface area contributed by atoms with Crippen LogP contribution in [0.3, 0.4) is 0 Å². The number of anilines is 1. The average Bonchev–Trinajstić information content (AvgIpc) is 3.47. The SMILES string of the molecule is O=C(Nc1ccc(CC(=O)N2CCC3(CC2)OCCc2cn[nH]c23)cc1)C1CC1. The highest BCUT2D eigenvalue weighted by Crippen LogP contribution is 2.40. The molecular formula is C22H26N4O3. The van der Waals surface area contributed by atoms with Crippen LogP contribution >= 0.6 is 0 Å². The Morgan fingerprint density at radius 2 is 1.97 bits per heavy atom. The number of benzene rings is 1. The number of rotatable bonds is 4. The van der Waals surface area contributed by atoms with Gasteiger partial charge in [-0.2, -0.15) is 5.10 Å². The molecule has 7 heteroatoms. The fourth-order valence-electron chi connectivity index (χ4n) is 4.42. The van der Waals surface area contributed by atoms with Crippen molar-refractivity contribution in [3.05, 3.63) is 47.3 Å². The molecule has 1 saturated carbocycles. The molecule has 152 valence electrons. The molecule has 7 nitrogen and oxygen atoms in total. The summed E-state index contributed by atoms with van der Waals surface area (Å²) in [7, 11) is 0. The Kier molecular flexibility index (Phi) is 4.62. The third-order valence-corrected chi connectivity index (χ3v) is 6.37. The molecule has 0 bridgehead atoms. The predicted molar refractivity (Wildman–Crippen MR) is 107 cm³/mol. The number of ether oxygens (including phenoxy) is 1. The van der Waals surface area contributed by atoms with Crippen molar-refractivity contribution in [3.8, 4) is 0 Å². The lowest BCUT2D eigenvalue weighted by Crippen LogP contribution is -2.48. The number of nitrogens with one attached hydrogen (secondary N) is 2. The van der Waals surface area contributed by atoms with E-state index in [1.54, 1.807) is 0 Å². The Morgan fingerprint density at radius 3 is 2.69 bits per heavy atom.